The summed E-state index contributed by atoms with van der Waals surface area (Å²) < 4.78 is 20.3. The summed E-state index contributed by atoms with van der Waals surface area (Å²) >= 11 is 0. The Morgan fingerprint density at radius 2 is 2.17 bits per heavy atom. The highest BCUT2D eigenvalue weighted by atomic mass is 19.1. The lowest BCUT2D eigenvalue weighted by Crippen LogP contribution is -2.25. The number of rotatable bonds is 7. The Morgan fingerprint density at radius 3 is 3.03 bits per heavy atom. The van der Waals surface area contributed by atoms with Crippen LogP contribution < -0.4 is 15.4 Å². The third-order valence-corrected chi connectivity index (χ3v) is 4.52. The first-order valence-electron chi connectivity index (χ1n) is 9.34. The Morgan fingerprint density at radius 1 is 1.28 bits per heavy atom. The highest BCUT2D eigenvalue weighted by Gasteiger charge is 2.27. The molecule has 0 spiro atoms. The van der Waals surface area contributed by atoms with Crippen LogP contribution in [-0.4, -0.2) is 39.3 Å². The molecule has 0 bridgehead atoms. The van der Waals surface area contributed by atoms with E-state index in [1.165, 1.54) is 0 Å². The van der Waals surface area contributed by atoms with Crippen LogP contribution in [0.25, 0.3) is 6.08 Å². The zero-order valence-electron chi connectivity index (χ0n) is 15.9. The summed E-state index contributed by atoms with van der Waals surface area (Å²) in [5.41, 5.74) is 3.13. The summed E-state index contributed by atoms with van der Waals surface area (Å²) in [7, 11) is 0. The van der Waals surface area contributed by atoms with Gasteiger partial charge in [0.1, 0.15) is 18.2 Å². The number of aromatic nitrogens is 3. The van der Waals surface area contributed by atoms with Gasteiger partial charge in [-0.3, -0.25) is 0 Å². The molecule has 1 aliphatic carbocycles. The monoisotopic (exact) mass is 395 g/mol. The fourth-order valence-corrected chi connectivity index (χ4v) is 3.24. The van der Waals surface area contributed by atoms with Crippen molar-refractivity contribution in [2.45, 2.75) is 19.1 Å². The minimum Gasteiger partial charge on any atom is -0.491 e. The Bertz CT molecular complexity index is 1020. The van der Waals surface area contributed by atoms with Gasteiger partial charge in [0, 0.05) is 34.9 Å². The molecule has 2 unspecified atom stereocenters. The SMILES string of the molecule is Cc1cc2c([nH]1)C=CC(Nc1ccnc(Nc3cccc(OCCO)c3)n1)C2F. The third-order valence-electron chi connectivity index (χ3n) is 4.52. The number of H-pyrrole nitrogens is 1. The Labute approximate surface area is 167 Å². The van der Waals surface area contributed by atoms with Crippen molar-refractivity contribution in [2.75, 3.05) is 23.8 Å². The predicted molar refractivity (Wildman–Crippen MR) is 110 cm³/mol. The molecule has 7 nitrogen and oxygen atoms in total. The van der Waals surface area contributed by atoms with Gasteiger partial charge in [-0.15, -0.1) is 0 Å². The molecule has 4 rings (SSSR count). The number of benzene rings is 1. The molecule has 29 heavy (non-hydrogen) atoms. The number of aliphatic hydroxyl groups is 1. The number of nitrogens with zero attached hydrogens (tertiary/aromatic N) is 2. The van der Waals surface area contributed by atoms with Crippen molar-refractivity contribution in [3.63, 3.8) is 0 Å². The van der Waals surface area contributed by atoms with E-state index in [1.807, 2.05) is 31.2 Å². The number of hydrogen-bond donors (Lipinski definition) is 4. The molecule has 8 heteroatoms. The van der Waals surface area contributed by atoms with Crippen molar-refractivity contribution >= 4 is 23.5 Å². The van der Waals surface area contributed by atoms with Crippen molar-refractivity contribution in [3.05, 3.63) is 65.6 Å². The first-order chi connectivity index (χ1) is 14.1. The molecule has 4 N–H and O–H groups in total. The summed E-state index contributed by atoms with van der Waals surface area (Å²) in [6, 6.07) is 10.3. The first-order valence-corrected chi connectivity index (χ1v) is 9.34. The second kappa shape index (κ2) is 8.32. The molecule has 0 saturated carbocycles. The fourth-order valence-electron chi connectivity index (χ4n) is 3.24. The van der Waals surface area contributed by atoms with E-state index >= 15 is 0 Å². The topological polar surface area (TPSA) is 95.1 Å². The normalized spacial score (nSPS) is 17.6. The van der Waals surface area contributed by atoms with Gasteiger partial charge in [0.05, 0.1) is 12.6 Å². The largest absolute Gasteiger partial charge is 0.491 e. The summed E-state index contributed by atoms with van der Waals surface area (Å²) in [5.74, 6) is 1.52. The first kappa shape index (κ1) is 18.9. The smallest absolute Gasteiger partial charge is 0.229 e. The van der Waals surface area contributed by atoms with Crippen LogP contribution in [0.15, 0.2) is 48.7 Å². The van der Waals surface area contributed by atoms with Gasteiger partial charge >= 0.3 is 0 Å². The zero-order valence-corrected chi connectivity index (χ0v) is 15.9. The molecule has 0 saturated heterocycles. The van der Waals surface area contributed by atoms with Crippen LogP contribution in [-0.2, 0) is 0 Å². The van der Waals surface area contributed by atoms with Crippen LogP contribution in [0.5, 0.6) is 5.75 Å². The molecule has 2 aromatic heterocycles. The van der Waals surface area contributed by atoms with E-state index < -0.39 is 12.2 Å². The van der Waals surface area contributed by atoms with E-state index in [2.05, 4.69) is 25.6 Å². The average molecular weight is 395 g/mol. The number of ether oxygens (including phenoxy) is 1. The van der Waals surface area contributed by atoms with E-state index in [4.69, 9.17) is 9.84 Å². The number of hydrogen-bond acceptors (Lipinski definition) is 6. The van der Waals surface area contributed by atoms with Gasteiger partial charge in [-0.25, -0.2) is 9.37 Å². The van der Waals surface area contributed by atoms with E-state index in [0.29, 0.717) is 23.1 Å². The number of anilines is 3. The van der Waals surface area contributed by atoms with Gasteiger partial charge in [-0.2, -0.15) is 4.98 Å². The Hall–Kier alpha value is -3.39. The Kier molecular flexibility index (Phi) is 5.44. The third kappa shape index (κ3) is 4.38. The van der Waals surface area contributed by atoms with Crippen LogP contribution in [0.3, 0.4) is 0 Å². The summed E-state index contributed by atoms with van der Waals surface area (Å²) in [6.07, 6.45) is 4.11. The average Bonchev–Trinajstić information content (AvgIpc) is 3.10. The van der Waals surface area contributed by atoms with Crippen molar-refractivity contribution in [1.82, 2.24) is 15.0 Å². The quantitative estimate of drug-likeness (QED) is 0.487. The van der Waals surface area contributed by atoms with Crippen molar-refractivity contribution in [3.8, 4) is 5.75 Å². The second-order valence-corrected chi connectivity index (χ2v) is 6.74. The summed E-state index contributed by atoms with van der Waals surface area (Å²) in [5, 5.41) is 15.1. The lowest BCUT2D eigenvalue weighted by molar-refractivity contribution is 0.201. The van der Waals surface area contributed by atoms with Crippen molar-refractivity contribution < 1.29 is 14.2 Å². The van der Waals surface area contributed by atoms with Gasteiger partial charge < -0.3 is 25.5 Å². The standard InChI is InChI=1S/C21H22FN5O2/c1-13-11-16-17(24-13)5-6-18(20(16)22)26-19-7-8-23-21(27-19)25-14-3-2-4-15(12-14)29-10-9-28/h2-8,11-12,18,20,24,28H,9-10H2,1H3,(H2,23,25,26,27). The molecular weight excluding hydrogens is 373 g/mol. The van der Waals surface area contributed by atoms with Gasteiger partial charge in [-0.05, 0) is 37.3 Å². The zero-order chi connectivity index (χ0) is 20.2. The summed E-state index contributed by atoms with van der Waals surface area (Å²) in [4.78, 5) is 11.8. The number of aromatic amines is 1. The number of alkyl halides is 1. The number of aliphatic hydroxyl groups excluding tert-OH is 1. The molecular formula is C21H22FN5O2. The molecule has 3 aromatic rings. The minimum atomic E-state index is -1.17. The molecule has 0 radical (unpaired) electrons. The molecule has 0 fully saturated rings. The van der Waals surface area contributed by atoms with Crippen LogP contribution in [0, 0.1) is 6.92 Å². The van der Waals surface area contributed by atoms with Gasteiger partial charge in [0.2, 0.25) is 5.95 Å². The molecule has 1 aromatic carbocycles. The second-order valence-electron chi connectivity index (χ2n) is 6.74. The molecule has 0 aliphatic heterocycles. The molecule has 0 amide bonds. The van der Waals surface area contributed by atoms with Crippen molar-refractivity contribution in [2.24, 2.45) is 0 Å². The van der Waals surface area contributed by atoms with Crippen LogP contribution in [0.1, 0.15) is 23.1 Å². The molecule has 2 atom stereocenters. The highest BCUT2D eigenvalue weighted by molar-refractivity contribution is 5.60. The maximum Gasteiger partial charge on any atom is 0.229 e. The van der Waals surface area contributed by atoms with E-state index in [0.717, 1.165) is 17.1 Å². The van der Waals surface area contributed by atoms with Crippen LogP contribution >= 0.6 is 0 Å². The van der Waals surface area contributed by atoms with E-state index in [9.17, 15) is 4.39 Å². The molecule has 1 aliphatic rings. The molecule has 150 valence electrons. The maximum atomic E-state index is 14.9. The van der Waals surface area contributed by atoms with Gasteiger partial charge in [-0.1, -0.05) is 12.1 Å². The summed E-state index contributed by atoms with van der Waals surface area (Å²) in [6.45, 7) is 2.08. The number of fused-ring (bicyclic) bond motifs is 1. The van der Waals surface area contributed by atoms with Crippen LogP contribution in [0.2, 0.25) is 0 Å². The van der Waals surface area contributed by atoms with Crippen LogP contribution in [0.4, 0.5) is 21.8 Å². The lowest BCUT2D eigenvalue weighted by Gasteiger charge is -2.23. The number of nitrogens with one attached hydrogen (secondary N) is 3. The minimum absolute atomic E-state index is 0.0521. The van der Waals surface area contributed by atoms with Crippen molar-refractivity contribution in [1.29, 1.82) is 0 Å². The fraction of sp³-hybridized carbons (Fsp3) is 0.238. The van der Waals surface area contributed by atoms with E-state index in [-0.39, 0.29) is 13.2 Å². The van der Waals surface area contributed by atoms with Gasteiger partial charge in [0.15, 0.2) is 6.17 Å². The lowest BCUT2D eigenvalue weighted by atomic mass is 9.97. The number of halogens is 1. The molecule has 2 heterocycles. The predicted octanol–water partition coefficient (Wildman–Crippen LogP) is 3.75. The Balaban J connectivity index is 1.45. The number of aryl methyl sites for hydroxylation is 1. The maximum absolute atomic E-state index is 14.9. The highest BCUT2D eigenvalue weighted by Crippen LogP contribution is 2.33. The van der Waals surface area contributed by atoms with E-state index in [1.54, 1.807) is 30.5 Å². The van der Waals surface area contributed by atoms with Gasteiger partial charge in [0.25, 0.3) is 0 Å².